The third-order valence-corrected chi connectivity index (χ3v) is 7.58. The summed E-state index contributed by atoms with van der Waals surface area (Å²) in [7, 11) is 1.69. The van der Waals surface area contributed by atoms with Gasteiger partial charge in [0, 0.05) is 29.8 Å². The first-order valence-corrected chi connectivity index (χ1v) is 11.3. The van der Waals surface area contributed by atoms with Crippen LogP contribution >= 0.6 is 23.5 Å². The molecule has 1 amide bonds. The summed E-state index contributed by atoms with van der Waals surface area (Å²) < 4.78 is 6.91. The molecule has 1 aromatic heterocycles. The number of β-lactam (4-membered cyclic amide) rings is 1. The second-order valence-electron chi connectivity index (χ2n) is 7.13. The van der Waals surface area contributed by atoms with Gasteiger partial charge in [0.05, 0.1) is 16.9 Å². The number of carbonyl (C=O) groups excluding carboxylic acids is 2. The first-order chi connectivity index (χ1) is 15.3. The summed E-state index contributed by atoms with van der Waals surface area (Å²) in [4.78, 5) is 37.8. The Bertz CT molecular complexity index is 1100. The number of tetrazole rings is 1. The third-order valence-electron chi connectivity index (χ3n) is 5.00. The van der Waals surface area contributed by atoms with Gasteiger partial charge in [0.2, 0.25) is 11.1 Å². The largest absolute Gasteiger partial charge is 0.456 e. The fourth-order valence-electron chi connectivity index (χ4n) is 3.35. The number of nitro groups is 1. The molecule has 32 heavy (non-hydrogen) atoms. The number of ether oxygens (including phenoxy) is 1. The molecule has 2 aliphatic rings. The third kappa shape index (κ3) is 4.08. The molecule has 3 heterocycles. The van der Waals surface area contributed by atoms with Crippen molar-refractivity contribution in [3.05, 3.63) is 50.5 Å². The highest BCUT2D eigenvalue weighted by Crippen LogP contribution is 2.51. The number of carbonyl (C=O) groups is 2. The smallest absolute Gasteiger partial charge is 0.356 e. The zero-order valence-electron chi connectivity index (χ0n) is 16.9. The molecule has 2 aromatic rings. The second-order valence-corrected chi connectivity index (χ2v) is 9.28. The highest BCUT2D eigenvalue weighted by molar-refractivity contribution is 8.06. The summed E-state index contributed by atoms with van der Waals surface area (Å²) in [6, 6.07) is 5.66. The predicted octanol–water partition coefficient (Wildman–Crippen LogP) is 1.08. The van der Waals surface area contributed by atoms with Crippen molar-refractivity contribution in [1.29, 1.82) is 0 Å². The standard InChI is InChI=1S/C18H18N6O6S2/c1-9(25)13-15(26)23-14(12(32-16(13)23)8-31-18-19-20-21-22(18)2)17(27)30-7-10-3-5-11(6-4-10)24(28)29/h3-6,9,13,16,25H,7-8H2,1-2H3/t9-,13-,16-/m1/s1. The van der Waals surface area contributed by atoms with Crippen molar-refractivity contribution in [3.63, 3.8) is 0 Å². The first-order valence-electron chi connectivity index (χ1n) is 9.44. The molecule has 168 valence electrons. The van der Waals surface area contributed by atoms with Crippen molar-refractivity contribution in [3.8, 4) is 0 Å². The van der Waals surface area contributed by atoms with E-state index in [1.54, 1.807) is 14.0 Å². The number of thioether (sulfide) groups is 2. The van der Waals surface area contributed by atoms with E-state index in [-0.39, 0.29) is 29.3 Å². The molecule has 0 spiro atoms. The molecular weight excluding hydrogens is 460 g/mol. The second kappa shape index (κ2) is 8.88. The molecule has 0 saturated carbocycles. The molecule has 0 radical (unpaired) electrons. The fourth-order valence-corrected chi connectivity index (χ4v) is 5.90. The van der Waals surface area contributed by atoms with Crippen LogP contribution in [0.25, 0.3) is 0 Å². The lowest BCUT2D eigenvalue weighted by Gasteiger charge is -2.43. The number of hydrogen-bond acceptors (Lipinski definition) is 11. The van der Waals surface area contributed by atoms with Crippen LogP contribution in [-0.4, -0.2) is 64.2 Å². The molecule has 1 aromatic carbocycles. The molecule has 1 N–H and O–H groups in total. The van der Waals surface area contributed by atoms with Crippen LogP contribution in [-0.2, 0) is 28.0 Å². The van der Waals surface area contributed by atoms with Crippen LogP contribution in [0.1, 0.15) is 12.5 Å². The first kappa shape index (κ1) is 22.2. The van der Waals surface area contributed by atoms with E-state index in [2.05, 4.69) is 15.5 Å². The van der Waals surface area contributed by atoms with Crippen molar-refractivity contribution in [2.24, 2.45) is 13.0 Å². The molecule has 0 bridgehead atoms. The van der Waals surface area contributed by atoms with Crippen molar-refractivity contribution >= 4 is 41.1 Å². The van der Waals surface area contributed by atoms with E-state index in [9.17, 15) is 24.8 Å². The minimum atomic E-state index is -0.844. The van der Waals surface area contributed by atoms with E-state index in [4.69, 9.17) is 4.74 Å². The zero-order valence-corrected chi connectivity index (χ0v) is 18.6. The number of hydrogen-bond donors (Lipinski definition) is 1. The van der Waals surface area contributed by atoms with Gasteiger partial charge in [-0.15, -0.1) is 16.9 Å². The number of non-ortho nitro benzene ring substituents is 1. The van der Waals surface area contributed by atoms with Crippen molar-refractivity contribution in [2.45, 2.75) is 30.2 Å². The molecule has 0 aliphatic carbocycles. The molecule has 1 fully saturated rings. The molecular formula is C18H18N6O6S2. The highest BCUT2D eigenvalue weighted by atomic mass is 32.2. The van der Waals surface area contributed by atoms with Gasteiger partial charge < -0.3 is 9.84 Å². The van der Waals surface area contributed by atoms with Crippen LogP contribution in [0.2, 0.25) is 0 Å². The molecule has 0 unspecified atom stereocenters. The number of esters is 1. The van der Waals surface area contributed by atoms with E-state index in [1.807, 2.05) is 0 Å². The maximum Gasteiger partial charge on any atom is 0.356 e. The number of aliphatic hydroxyl groups is 1. The molecule has 14 heteroatoms. The molecule has 12 nitrogen and oxygen atoms in total. The normalized spacial score (nSPS) is 20.7. The summed E-state index contributed by atoms with van der Waals surface area (Å²) in [5.74, 6) is -1.27. The Morgan fingerprint density at radius 3 is 2.72 bits per heavy atom. The Labute approximate surface area is 190 Å². The Morgan fingerprint density at radius 2 is 2.12 bits per heavy atom. The van der Waals surface area contributed by atoms with E-state index >= 15 is 0 Å². The van der Waals surface area contributed by atoms with Crippen molar-refractivity contribution in [1.82, 2.24) is 25.1 Å². The Morgan fingerprint density at radius 1 is 1.41 bits per heavy atom. The topological polar surface area (TPSA) is 154 Å². The summed E-state index contributed by atoms with van der Waals surface area (Å²) in [5, 5.41) is 32.1. The SMILES string of the molecule is C[C@@H](O)[C@@H]1C(=O)N2C(C(=O)OCc3ccc([N+](=O)[O-])cc3)=C(CSc3nnnn3C)S[C@H]12. The number of aromatic nitrogens is 4. The minimum absolute atomic E-state index is 0.0641. The predicted molar refractivity (Wildman–Crippen MR) is 113 cm³/mol. The lowest BCUT2D eigenvalue weighted by Crippen LogP contribution is -2.60. The maximum absolute atomic E-state index is 12.9. The van der Waals surface area contributed by atoms with Crippen LogP contribution in [0.4, 0.5) is 5.69 Å². The number of aryl methyl sites for hydroxylation is 1. The van der Waals surface area contributed by atoms with E-state index in [0.717, 1.165) is 0 Å². The maximum atomic E-state index is 12.9. The van der Waals surface area contributed by atoms with Gasteiger partial charge >= 0.3 is 5.97 Å². The van der Waals surface area contributed by atoms with Crippen molar-refractivity contribution in [2.75, 3.05) is 5.75 Å². The number of amides is 1. The van der Waals surface area contributed by atoms with Crippen LogP contribution in [0.15, 0.2) is 40.0 Å². The lowest BCUT2D eigenvalue weighted by atomic mass is 9.92. The van der Waals surface area contributed by atoms with Gasteiger partial charge in [-0.1, -0.05) is 11.8 Å². The van der Waals surface area contributed by atoms with Gasteiger partial charge in [0.25, 0.3) is 5.69 Å². The van der Waals surface area contributed by atoms with Gasteiger partial charge in [-0.05, 0) is 35.0 Å². The molecule has 2 aliphatic heterocycles. The molecule has 4 rings (SSSR count). The Hall–Kier alpha value is -2.97. The van der Waals surface area contributed by atoms with Crippen LogP contribution < -0.4 is 0 Å². The summed E-state index contributed by atoms with van der Waals surface area (Å²) in [6.45, 7) is 1.44. The van der Waals surface area contributed by atoms with Gasteiger partial charge in [-0.3, -0.25) is 19.8 Å². The number of aliphatic hydroxyl groups excluding tert-OH is 1. The molecule has 1 saturated heterocycles. The monoisotopic (exact) mass is 478 g/mol. The van der Waals surface area contributed by atoms with Gasteiger partial charge in [-0.2, -0.15) is 0 Å². The summed E-state index contributed by atoms with van der Waals surface area (Å²) in [5.41, 5.74) is 0.654. The Kier molecular flexibility index (Phi) is 6.17. The average Bonchev–Trinajstić information content (AvgIpc) is 3.31. The average molecular weight is 479 g/mol. The summed E-state index contributed by atoms with van der Waals surface area (Å²) in [6.07, 6.45) is -0.844. The number of fused-ring (bicyclic) bond motifs is 1. The molecule has 3 atom stereocenters. The number of nitrogens with zero attached hydrogens (tertiary/aromatic N) is 6. The van der Waals surface area contributed by atoms with E-state index in [0.29, 0.717) is 21.4 Å². The van der Waals surface area contributed by atoms with Gasteiger partial charge in [-0.25, -0.2) is 9.48 Å². The highest BCUT2D eigenvalue weighted by Gasteiger charge is 2.57. The fraction of sp³-hybridized carbons (Fsp3) is 0.389. The van der Waals surface area contributed by atoms with Crippen LogP contribution in [0.5, 0.6) is 0 Å². The van der Waals surface area contributed by atoms with Gasteiger partial charge in [0.1, 0.15) is 17.7 Å². The lowest BCUT2D eigenvalue weighted by molar-refractivity contribution is -0.384. The van der Waals surface area contributed by atoms with E-state index < -0.39 is 22.9 Å². The Balaban J connectivity index is 1.50. The quantitative estimate of drug-likeness (QED) is 0.190. The van der Waals surface area contributed by atoms with Crippen molar-refractivity contribution < 1.29 is 24.4 Å². The van der Waals surface area contributed by atoms with Gasteiger partial charge in [0.15, 0.2) is 0 Å². The minimum Gasteiger partial charge on any atom is -0.456 e. The summed E-state index contributed by atoms with van der Waals surface area (Å²) >= 11 is 2.65. The number of benzene rings is 1. The number of nitro benzene ring substituents is 1. The zero-order chi connectivity index (χ0) is 23.0. The van der Waals surface area contributed by atoms with Crippen LogP contribution in [0, 0.1) is 16.0 Å². The van der Waals surface area contributed by atoms with E-state index in [1.165, 1.54) is 57.4 Å². The van der Waals surface area contributed by atoms with Crippen LogP contribution in [0.3, 0.4) is 0 Å². The number of rotatable bonds is 8.